The number of carbonyl (C=O) groups is 2. The van der Waals surface area contributed by atoms with Gasteiger partial charge in [-0.25, -0.2) is 4.39 Å². The molecule has 1 aromatic rings. The van der Waals surface area contributed by atoms with Crippen LogP contribution in [0.25, 0.3) is 0 Å². The largest absolute Gasteiger partial charge is 0.379 e. The second-order valence-corrected chi connectivity index (χ2v) is 6.93. The summed E-state index contributed by atoms with van der Waals surface area (Å²) >= 11 is 0. The Morgan fingerprint density at radius 2 is 1.96 bits per heavy atom. The van der Waals surface area contributed by atoms with Crippen molar-refractivity contribution in [3.05, 3.63) is 24.0 Å². The molecule has 2 heterocycles. The minimum Gasteiger partial charge on any atom is -0.379 e. The molecule has 3 rings (SSSR count). The first kappa shape index (κ1) is 20.7. The lowest BCUT2D eigenvalue weighted by molar-refractivity contribution is -0.117. The van der Waals surface area contributed by atoms with Gasteiger partial charge >= 0.3 is 0 Å². The summed E-state index contributed by atoms with van der Waals surface area (Å²) in [5.41, 5.74) is 0.496. The third-order valence-corrected chi connectivity index (χ3v) is 4.71. The summed E-state index contributed by atoms with van der Waals surface area (Å²) in [5.74, 6) is -1.00. The van der Waals surface area contributed by atoms with Crippen molar-refractivity contribution in [3.63, 3.8) is 0 Å². The standard InChI is InChI=1S/C19H27FN4O4/c20-16-2-1-14(22-19(26)12-15-13-28-8-4-21-15)11-17(16)23-18(25)3-5-24-6-9-27-10-7-24/h1-2,11,15,21H,3-10,12-13H2,(H,22,26)(H,23,25). The van der Waals surface area contributed by atoms with E-state index in [0.717, 1.165) is 19.6 Å². The number of nitrogens with one attached hydrogen (secondary N) is 3. The van der Waals surface area contributed by atoms with Crippen LogP contribution < -0.4 is 16.0 Å². The fourth-order valence-electron chi connectivity index (χ4n) is 3.18. The molecule has 28 heavy (non-hydrogen) atoms. The fourth-order valence-corrected chi connectivity index (χ4v) is 3.18. The lowest BCUT2D eigenvalue weighted by Gasteiger charge is -2.26. The SMILES string of the molecule is O=C(CC1COCCN1)Nc1ccc(F)c(NC(=O)CCN2CCOCC2)c1. The summed E-state index contributed by atoms with van der Waals surface area (Å²) in [7, 11) is 0. The van der Waals surface area contributed by atoms with Crippen LogP contribution in [-0.4, -0.2) is 75.4 Å². The molecule has 0 saturated carbocycles. The number of hydrogen-bond donors (Lipinski definition) is 3. The summed E-state index contributed by atoms with van der Waals surface area (Å²) < 4.78 is 24.7. The van der Waals surface area contributed by atoms with Gasteiger partial charge in [-0.1, -0.05) is 0 Å². The van der Waals surface area contributed by atoms with E-state index in [-0.39, 0.29) is 36.4 Å². The van der Waals surface area contributed by atoms with Gasteiger partial charge in [0.1, 0.15) is 5.82 Å². The van der Waals surface area contributed by atoms with Gasteiger partial charge in [0.15, 0.2) is 0 Å². The highest BCUT2D eigenvalue weighted by Gasteiger charge is 2.18. The van der Waals surface area contributed by atoms with Crippen molar-refractivity contribution in [1.82, 2.24) is 10.2 Å². The molecule has 2 amide bonds. The monoisotopic (exact) mass is 394 g/mol. The van der Waals surface area contributed by atoms with Crippen LogP contribution in [0.1, 0.15) is 12.8 Å². The molecule has 0 radical (unpaired) electrons. The molecule has 0 aliphatic carbocycles. The number of hydrogen-bond acceptors (Lipinski definition) is 6. The Morgan fingerprint density at radius 3 is 2.71 bits per heavy atom. The fraction of sp³-hybridized carbons (Fsp3) is 0.579. The highest BCUT2D eigenvalue weighted by molar-refractivity contribution is 5.94. The van der Waals surface area contributed by atoms with Crippen molar-refractivity contribution in [3.8, 4) is 0 Å². The van der Waals surface area contributed by atoms with E-state index in [4.69, 9.17) is 9.47 Å². The van der Waals surface area contributed by atoms with Crippen LogP contribution in [0.2, 0.25) is 0 Å². The van der Waals surface area contributed by atoms with Gasteiger partial charge in [0.2, 0.25) is 11.8 Å². The van der Waals surface area contributed by atoms with E-state index in [1.165, 1.54) is 18.2 Å². The number of amides is 2. The zero-order valence-electron chi connectivity index (χ0n) is 15.8. The second kappa shape index (κ2) is 10.5. The number of halogens is 1. The zero-order valence-corrected chi connectivity index (χ0v) is 15.8. The molecule has 0 bridgehead atoms. The molecule has 8 nitrogen and oxygen atoms in total. The van der Waals surface area contributed by atoms with E-state index in [2.05, 4.69) is 20.9 Å². The molecule has 1 atom stereocenters. The van der Waals surface area contributed by atoms with Gasteiger partial charge in [0.25, 0.3) is 0 Å². The molecule has 1 unspecified atom stereocenters. The van der Waals surface area contributed by atoms with E-state index < -0.39 is 5.82 Å². The van der Waals surface area contributed by atoms with Gasteiger partial charge in [-0.2, -0.15) is 0 Å². The van der Waals surface area contributed by atoms with E-state index in [0.29, 0.717) is 38.7 Å². The van der Waals surface area contributed by atoms with E-state index in [1.807, 2.05) is 0 Å². The van der Waals surface area contributed by atoms with Gasteiger partial charge in [-0.15, -0.1) is 0 Å². The molecule has 2 fully saturated rings. The smallest absolute Gasteiger partial charge is 0.226 e. The molecule has 154 valence electrons. The van der Waals surface area contributed by atoms with Crippen LogP contribution in [0.15, 0.2) is 18.2 Å². The quantitative estimate of drug-likeness (QED) is 0.634. The molecule has 3 N–H and O–H groups in total. The van der Waals surface area contributed by atoms with Crippen LogP contribution in [0.5, 0.6) is 0 Å². The third-order valence-electron chi connectivity index (χ3n) is 4.71. The molecule has 9 heteroatoms. The number of anilines is 2. The molecular formula is C19H27FN4O4. The molecule has 2 saturated heterocycles. The van der Waals surface area contributed by atoms with Gasteiger partial charge in [-0.3, -0.25) is 14.5 Å². The van der Waals surface area contributed by atoms with E-state index in [9.17, 15) is 14.0 Å². The Hall–Kier alpha value is -2.07. The summed E-state index contributed by atoms with van der Waals surface area (Å²) in [5, 5.41) is 8.54. The van der Waals surface area contributed by atoms with Crippen LogP contribution in [0.4, 0.5) is 15.8 Å². The number of carbonyl (C=O) groups excluding carboxylic acids is 2. The van der Waals surface area contributed by atoms with Gasteiger partial charge in [0.05, 0.1) is 32.1 Å². The summed E-state index contributed by atoms with van der Waals surface area (Å²) in [6, 6.07) is 4.11. The maximum absolute atomic E-state index is 14.1. The lowest BCUT2D eigenvalue weighted by Crippen LogP contribution is -2.43. The summed E-state index contributed by atoms with van der Waals surface area (Å²) in [6.45, 7) is 5.37. The minimum atomic E-state index is -0.542. The van der Waals surface area contributed by atoms with Crippen LogP contribution in [0.3, 0.4) is 0 Å². The van der Waals surface area contributed by atoms with Crippen LogP contribution in [-0.2, 0) is 19.1 Å². The van der Waals surface area contributed by atoms with E-state index >= 15 is 0 Å². The minimum absolute atomic E-state index is 0.0337. The maximum Gasteiger partial charge on any atom is 0.226 e. The number of nitrogens with zero attached hydrogens (tertiary/aromatic N) is 1. The topological polar surface area (TPSA) is 91.9 Å². The van der Waals surface area contributed by atoms with Crippen molar-refractivity contribution in [2.24, 2.45) is 0 Å². The first-order valence-electron chi connectivity index (χ1n) is 9.60. The van der Waals surface area contributed by atoms with Crippen LogP contribution >= 0.6 is 0 Å². The Balaban J connectivity index is 1.49. The molecule has 0 aromatic heterocycles. The highest BCUT2D eigenvalue weighted by atomic mass is 19.1. The normalized spacial score (nSPS) is 20.5. The predicted octanol–water partition coefficient (Wildman–Crippen LogP) is 0.804. The van der Waals surface area contributed by atoms with Crippen molar-refractivity contribution >= 4 is 23.2 Å². The van der Waals surface area contributed by atoms with Gasteiger partial charge in [0, 0.05) is 50.7 Å². The average molecular weight is 394 g/mol. The molecule has 2 aliphatic rings. The third kappa shape index (κ3) is 6.52. The summed E-state index contributed by atoms with van der Waals surface area (Å²) in [6.07, 6.45) is 0.530. The Bertz CT molecular complexity index is 676. The summed E-state index contributed by atoms with van der Waals surface area (Å²) in [4.78, 5) is 26.5. The van der Waals surface area contributed by atoms with Gasteiger partial charge in [-0.05, 0) is 18.2 Å². The predicted molar refractivity (Wildman–Crippen MR) is 103 cm³/mol. The Kier molecular flexibility index (Phi) is 7.72. The van der Waals surface area contributed by atoms with Crippen molar-refractivity contribution < 1.29 is 23.5 Å². The van der Waals surface area contributed by atoms with Crippen molar-refractivity contribution in [2.75, 3.05) is 63.2 Å². The van der Waals surface area contributed by atoms with Gasteiger partial charge < -0.3 is 25.4 Å². The van der Waals surface area contributed by atoms with Crippen molar-refractivity contribution in [2.45, 2.75) is 18.9 Å². The first-order chi connectivity index (χ1) is 13.6. The molecule has 0 spiro atoms. The molecule has 2 aliphatic heterocycles. The van der Waals surface area contributed by atoms with Crippen molar-refractivity contribution in [1.29, 1.82) is 0 Å². The highest BCUT2D eigenvalue weighted by Crippen LogP contribution is 2.20. The lowest BCUT2D eigenvalue weighted by atomic mass is 10.2. The number of benzene rings is 1. The Morgan fingerprint density at radius 1 is 1.14 bits per heavy atom. The molecule has 1 aromatic carbocycles. The molecular weight excluding hydrogens is 367 g/mol. The average Bonchev–Trinajstić information content (AvgIpc) is 2.70. The number of rotatable bonds is 7. The second-order valence-electron chi connectivity index (χ2n) is 6.93. The maximum atomic E-state index is 14.1. The van der Waals surface area contributed by atoms with Crippen LogP contribution in [0, 0.1) is 5.82 Å². The Labute approximate surface area is 163 Å². The van der Waals surface area contributed by atoms with E-state index in [1.54, 1.807) is 0 Å². The number of morpholine rings is 2. The zero-order chi connectivity index (χ0) is 19.8. The first-order valence-corrected chi connectivity index (χ1v) is 9.60. The number of ether oxygens (including phenoxy) is 2.